The van der Waals surface area contributed by atoms with Crippen LogP contribution < -0.4 is 4.74 Å². The topological polar surface area (TPSA) is 61.8 Å². The van der Waals surface area contributed by atoms with Gasteiger partial charge in [-0.1, -0.05) is 11.8 Å². The first-order valence-corrected chi connectivity index (χ1v) is 9.86. The third-order valence-corrected chi connectivity index (χ3v) is 8.38. The zero-order chi connectivity index (χ0) is 17.5. The van der Waals surface area contributed by atoms with Crippen LogP contribution in [0.25, 0.3) is 0 Å². The number of benzene rings is 1. The molecule has 3 unspecified atom stereocenters. The molecule has 0 aromatic heterocycles. The second-order valence-electron chi connectivity index (χ2n) is 4.89. The number of ether oxygens (including phenoxy) is 3. The Morgan fingerprint density at radius 1 is 1.25 bits per heavy atom. The second kappa shape index (κ2) is 9.03. The summed E-state index contributed by atoms with van der Waals surface area (Å²) in [7, 11) is 3.96. The van der Waals surface area contributed by atoms with Gasteiger partial charge in [-0.3, -0.25) is 0 Å². The summed E-state index contributed by atoms with van der Waals surface area (Å²) in [5.41, 5.74) is 1.13. The summed E-state index contributed by atoms with van der Waals surface area (Å²) >= 11 is 1.81. The summed E-state index contributed by atoms with van der Waals surface area (Å²) in [5.74, 6) is 1.72. The van der Waals surface area contributed by atoms with E-state index in [0.717, 1.165) is 22.8 Å². The highest BCUT2D eigenvalue weighted by Crippen LogP contribution is 2.44. The number of esters is 2. The van der Waals surface area contributed by atoms with Gasteiger partial charge in [0.05, 0.1) is 21.3 Å². The Morgan fingerprint density at radius 3 is 2.54 bits per heavy atom. The summed E-state index contributed by atoms with van der Waals surface area (Å²) in [6.07, 6.45) is 4.07. The monoisotopic (exact) mass is 368 g/mol. The van der Waals surface area contributed by atoms with Crippen LogP contribution in [-0.2, 0) is 30.0 Å². The van der Waals surface area contributed by atoms with Gasteiger partial charge in [-0.25, -0.2) is 10.9 Å². The molecule has 24 heavy (non-hydrogen) atoms. The van der Waals surface area contributed by atoms with Gasteiger partial charge in [0.2, 0.25) is 0 Å². The second-order valence-corrected chi connectivity index (χ2v) is 8.69. The van der Waals surface area contributed by atoms with Crippen molar-refractivity contribution in [2.45, 2.75) is 9.83 Å². The van der Waals surface area contributed by atoms with Gasteiger partial charge in [-0.15, -0.1) is 0 Å². The van der Waals surface area contributed by atoms with E-state index in [4.69, 9.17) is 9.47 Å². The first-order valence-electron chi connectivity index (χ1n) is 7.29. The fraction of sp³-hybridized carbons (Fsp3) is 0.412. The molecule has 0 saturated carbocycles. The Kier molecular flexibility index (Phi) is 7.05. The minimum atomic E-state index is -0.573. The summed E-state index contributed by atoms with van der Waals surface area (Å²) in [6, 6.07) is 7.86. The molecule has 0 amide bonds. The van der Waals surface area contributed by atoms with Crippen molar-refractivity contribution in [3.8, 4) is 5.75 Å². The quantitative estimate of drug-likeness (QED) is 0.332. The molecule has 1 aromatic rings. The highest BCUT2D eigenvalue weighted by Gasteiger charge is 2.44. The van der Waals surface area contributed by atoms with Crippen LogP contribution in [-0.4, -0.2) is 50.0 Å². The molecular weight excluding hydrogens is 348 g/mol. The van der Waals surface area contributed by atoms with Gasteiger partial charge in [0, 0.05) is 22.2 Å². The van der Waals surface area contributed by atoms with E-state index in [0.29, 0.717) is 0 Å². The van der Waals surface area contributed by atoms with Crippen molar-refractivity contribution in [2.24, 2.45) is 0 Å². The standard InChI is InChI=1S/C17H20O5S2/c1-20-13-6-4-12(5-7-13)17-23-10-11-24(17)14(16(19)22-3)8-9-15(18)21-2/h4-7,9,14,17H,10-11H2,1-3H3. The molecule has 7 heteroatoms. The van der Waals surface area contributed by atoms with E-state index in [1.165, 1.54) is 20.3 Å². The van der Waals surface area contributed by atoms with Gasteiger partial charge in [0.25, 0.3) is 0 Å². The first kappa shape index (κ1) is 18.7. The third-order valence-electron chi connectivity index (χ3n) is 3.52. The van der Waals surface area contributed by atoms with Crippen molar-refractivity contribution in [3.05, 3.63) is 42.0 Å². The van der Waals surface area contributed by atoms with Crippen LogP contribution >= 0.6 is 11.8 Å². The highest BCUT2D eigenvalue weighted by atomic mass is 32.2. The highest BCUT2D eigenvalue weighted by molar-refractivity contribution is 8.18. The fourth-order valence-electron chi connectivity index (χ4n) is 2.31. The average Bonchev–Trinajstić information content (AvgIpc) is 3.10. The van der Waals surface area contributed by atoms with Crippen LogP contribution in [0.1, 0.15) is 10.1 Å². The van der Waals surface area contributed by atoms with Crippen molar-refractivity contribution >= 4 is 34.6 Å². The minimum absolute atomic E-state index is 0.165. The van der Waals surface area contributed by atoms with Crippen LogP contribution in [0.15, 0.2) is 30.3 Å². The van der Waals surface area contributed by atoms with E-state index in [-0.39, 0.29) is 21.4 Å². The van der Waals surface area contributed by atoms with E-state index in [1.807, 2.05) is 24.3 Å². The molecule has 1 saturated heterocycles. The van der Waals surface area contributed by atoms with Crippen LogP contribution in [0.4, 0.5) is 0 Å². The number of hydrogen-bond donors (Lipinski definition) is 0. The van der Waals surface area contributed by atoms with Crippen molar-refractivity contribution in [3.63, 3.8) is 0 Å². The Balaban J connectivity index is 2.24. The normalized spacial score (nSPS) is 21.5. The summed E-state index contributed by atoms with van der Waals surface area (Å²) in [6.45, 7) is 0. The van der Waals surface area contributed by atoms with E-state index in [9.17, 15) is 9.59 Å². The fourth-order valence-corrected chi connectivity index (χ4v) is 7.43. The number of hydrogen-bond acceptors (Lipinski definition) is 6. The lowest BCUT2D eigenvalue weighted by atomic mass is 10.2. The molecule has 0 N–H and O–H groups in total. The molecular formula is C17H20O5S2. The molecule has 1 aliphatic heterocycles. The lowest BCUT2D eigenvalue weighted by Gasteiger charge is -2.20. The maximum Gasteiger partial charge on any atom is 0.344 e. The summed E-state index contributed by atoms with van der Waals surface area (Å²) in [5, 5.41) is -0.573. The van der Waals surface area contributed by atoms with Crippen molar-refractivity contribution in [1.29, 1.82) is 0 Å². The number of carbonyl (C=O) groups excluding carboxylic acids is 2. The van der Waals surface area contributed by atoms with Crippen LogP contribution in [0.3, 0.4) is 0 Å². The van der Waals surface area contributed by atoms with Crippen molar-refractivity contribution in [1.82, 2.24) is 0 Å². The summed E-state index contributed by atoms with van der Waals surface area (Å²) in [4.78, 5) is 23.6. The van der Waals surface area contributed by atoms with E-state index < -0.39 is 11.2 Å². The van der Waals surface area contributed by atoms with Crippen LogP contribution in [0.2, 0.25) is 0 Å². The maximum absolute atomic E-state index is 12.2. The van der Waals surface area contributed by atoms with Crippen molar-refractivity contribution in [2.75, 3.05) is 32.8 Å². The van der Waals surface area contributed by atoms with Gasteiger partial charge in [0.15, 0.2) is 15.8 Å². The molecule has 1 aromatic carbocycles. The number of carbonyl (C=O) groups is 2. The van der Waals surface area contributed by atoms with Gasteiger partial charge >= 0.3 is 5.97 Å². The van der Waals surface area contributed by atoms with Crippen LogP contribution in [0.5, 0.6) is 5.75 Å². The maximum atomic E-state index is 12.2. The predicted molar refractivity (Wildman–Crippen MR) is 96.1 cm³/mol. The molecule has 0 bridgehead atoms. The Morgan fingerprint density at radius 2 is 1.96 bits per heavy atom. The SMILES string of the molecule is COC(=O)C=[C-]C(C(=O)OC)[S+]1CCSC1c1ccc(OC)cc1. The average molecular weight is 368 g/mol. The molecule has 1 aliphatic rings. The first-order chi connectivity index (χ1) is 11.6. The van der Waals surface area contributed by atoms with E-state index in [2.05, 4.69) is 10.8 Å². The molecule has 3 atom stereocenters. The number of rotatable bonds is 6. The molecule has 5 nitrogen and oxygen atoms in total. The van der Waals surface area contributed by atoms with Crippen LogP contribution in [0, 0.1) is 6.08 Å². The number of methoxy groups -OCH3 is 3. The van der Waals surface area contributed by atoms with E-state index in [1.54, 1.807) is 18.9 Å². The number of thioether (sulfide) groups is 1. The lowest BCUT2D eigenvalue weighted by Crippen LogP contribution is -2.33. The molecule has 130 valence electrons. The van der Waals surface area contributed by atoms with Gasteiger partial charge < -0.3 is 19.0 Å². The lowest BCUT2D eigenvalue weighted by molar-refractivity contribution is -0.139. The van der Waals surface area contributed by atoms with Gasteiger partial charge in [-0.05, 0) is 24.3 Å². The van der Waals surface area contributed by atoms with Gasteiger partial charge in [0.1, 0.15) is 11.5 Å². The smallest absolute Gasteiger partial charge is 0.344 e. The largest absolute Gasteiger partial charge is 0.550 e. The Hall–Kier alpha value is -1.60. The molecule has 2 rings (SSSR count). The Labute approximate surface area is 149 Å². The van der Waals surface area contributed by atoms with Crippen molar-refractivity contribution < 1.29 is 23.8 Å². The molecule has 0 spiro atoms. The molecule has 1 heterocycles. The minimum Gasteiger partial charge on any atom is -0.550 e. The zero-order valence-corrected chi connectivity index (χ0v) is 15.4. The van der Waals surface area contributed by atoms with E-state index >= 15 is 0 Å². The molecule has 0 aliphatic carbocycles. The summed E-state index contributed by atoms with van der Waals surface area (Å²) < 4.78 is 14.9. The molecule has 0 radical (unpaired) electrons. The molecule has 1 fully saturated rings. The zero-order valence-electron chi connectivity index (χ0n) is 13.8. The Bertz CT molecular complexity index is 600. The third kappa shape index (κ3) is 4.48. The predicted octanol–water partition coefficient (Wildman–Crippen LogP) is 2.13. The van der Waals surface area contributed by atoms with Gasteiger partial charge in [-0.2, -0.15) is 6.08 Å².